The molecule has 8 nitrogen and oxygen atoms in total. The summed E-state index contributed by atoms with van der Waals surface area (Å²) in [7, 11) is 0. The molecule has 1 fully saturated rings. The number of fused-ring (bicyclic) bond motifs is 1. The first-order chi connectivity index (χ1) is 17.7. The van der Waals surface area contributed by atoms with Gasteiger partial charge >= 0.3 is 0 Å². The second-order valence-electron chi connectivity index (χ2n) is 9.29. The van der Waals surface area contributed by atoms with Crippen LogP contribution < -0.4 is 5.56 Å². The summed E-state index contributed by atoms with van der Waals surface area (Å²) >= 11 is 0. The second-order valence-corrected chi connectivity index (χ2v) is 9.29. The first-order valence-corrected chi connectivity index (χ1v) is 12.3. The molecule has 1 aromatic carbocycles. The van der Waals surface area contributed by atoms with Gasteiger partial charge in [0.1, 0.15) is 5.52 Å². The molecule has 1 aliphatic heterocycles. The highest BCUT2D eigenvalue weighted by Gasteiger charge is 2.21. The van der Waals surface area contributed by atoms with Gasteiger partial charge in [-0.1, -0.05) is 30.3 Å². The van der Waals surface area contributed by atoms with Gasteiger partial charge in [0.05, 0.1) is 17.9 Å². The van der Waals surface area contributed by atoms with E-state index in [1.165, 1.54) is 23.0 Å². The van der Waals surface area contributed by atoms with E-state index < -0.39 is 0 Å². The molecule has 0 amide bonds. The number of pyridine rings is 2. The minimum atomic E-state index is -0.178. The lowest BCUT2D eigenvalue weighted by Crippen LogP contribution is -2.34. The number of hydrogen-bond acceptors (Lipinski definition) is 6. The third kappa shape index (κ3) is 4.55. The fraction of sp³-hybridized carbons (Fsp3) is 0.250. The number of benzene rings is 1. The van der Waals surface area contributed by atoms with Crippen molar-refractivity contribution in [2.75, 3.05) is 19.6 Å². The van der Waals surface area contributed by atoms with E-state index in [-0.39, 0.29) is 5.56 Å². The molecule has 0 radical (unpaired) electrons. The van der Waals surface area contributed by atoms with Gasteiger partial charge in [-0.15, -0.1) is 0 Å². The largest absolute Gasteiger partial charge is 0.313 e. The standard InChI is InChI=1S/C28H27N7O/c36-28-25-6-11-30-27(26(25)31-19-32-28)35-18-20(16-33-35)7-12-34-13-8-21(9-14-34)22-3-1-4-23(15-22)24-5-2-10-29-17-24/h1-6,10-11,15-19,21H,7-9,12-14H2,(H,31,32,36). The third-order valence-corrected chi connectivity index (χ3v) is 7.05. The number of rotatable bonds is 6. The average Bonchev–Trinajstić information content (AvgIpc) is 3.42. The van der Waals surface area contributed by atoms with Gasteiger partial charge in [-0.3, -0.25) is 9.78 Å². The van der Waals surface area contributed by atoms with Crippen LogP contribution in [0, 0.1) is 0 Å². The summed E-state index contributed by atoms with van der Waals surface area (Å²) in [6, 6.07) is 14.7. The minimum absolute atomic E-state index is 0.178. The Morgan fingerprint density at radius 2 is 1.86 bits per heavy atom. The van der Waals surface area contributed by atoms with Crippen molar-refractivity contribution in [3.63, 3.8) is 0 Å². The molecule has 0 aliphatic carbocycles. The van der Waals surface area contributed by atoms with Crippen molar-refractivity contribution in [3.8, 4) is 16.9 Å². The minimum Gasteiger partial charge on any atom is -0.313 e. The van der Waals surface area contributed by atoms with Crippen LogP contribution in [0.15, 0.2) is 84.6 Å². The van der Waals surface area contributed by atoms with Crippen molar-refractivity contribution < 1.29 is 0 Å². The molecule has 5 heterocycles. The van der Waals surface area contributed by atoms with Crippen LogP contribution in [0.3, 0.4) is 0 Å². The third-order valence-electron chi connectivity index (χ3n) is 7.05. The van der Waals surface area contributed by atoms with E-state index in [4.69, 9.17) is 0 Å². The molecule has 1 saturated heterocycles. The van der Waals surface area contributed by atoms with E-state index in [0.717, 1.165) is 44.5 Å². The fourth-order valence-corrected chi connectivity index (χ4v) is 5.04. The van der Waals surface area contributed by atoms with Crippen LogP contribution in [0.5, 0.6) is 0 Å². The number of nitrogens with zero attached hydrogens (tertiary/aromatic N) is 6. The van der Waals surface area contributed by atoms with E-state index in [9.17, 15) is 4.79 Å². The number of H-pyrrole nitrogens is 1. The van der Waals surface area contributed by atoms with Crippen molar-refractivity contribution in [1.82, 2.24) is 34.6 Å². The molecule has 0 unspecified atom stereocenters. The Bertz CT molecular complexity index is 1530. The Hall–Kier alpha value is -4.17. The summed E-state index contributed by atoms with van der Waals surface area (Å²) in [5.41, 5.74) is 5.34. The molecule has 8 heteroatoms. The van der Waals surface area contributed by atoms with Crippen LogP contribution in [-0.2, 0) is 6.42 Å². The van der Waals surface area contributed by atoms with Gasteiger partial charge in [0, 0.05) is 31.3 Å². The van der Waals surface area contributed by atoms with Crippen LogP contribution >= 0.6 is 0 Å². The maximum Gasteiger partial charge on any atom is 0.258 e. The summed E-state index contributed by atoms with van der Waals surface area (Å²) in [6.07, 6.45) is 13.9. The second kappa shape index (κ2) is 9.83. The monoisotopic (exact) mass is 477 g/mol. The zero-order valence-electron chi connectivity index (χ0n) is 19.9. The van der Waals surface area contributed by atoms with Crippen LogP contribution in [0.1, 0.15) is 29.9 Å². The number of aromatic amines is 1. The van der Waals surface area contributed by atoms with E-state index in [1.54, 1.807) is 16.9 Å². The molecule has 5 aromatic rings. The molecule has 4 aromatic heterocycles. The number of hydrogen-bond donors (Lipinski definition) is 1. The highest BCUT2D eigenvalue weighted by Crippen LogP contribution is 2.31. The van der Waals surface area contributed by atoms with Crippen LogP contribution in [0.25, 0.3) is 27.8 Å². The molecule has 0 saturated carbocycles. The van der Waals surface area contributed by atoms with E-state index >= 15 is 0 Å². The van der Waals surface area contributed by atoms with Crippen LogP contribution in [0.4, 0.5) is 0 Å². The number of aromatic nitrogens is 6. The van der Waals surface area contributed by atoms with E-state index in [0.29, 0.717) is 22.6 Å². The lowest BCUT2D eigenvalue weighted by molar-refractivity contribution is 0.214. The summed E-state index contributed by atoms with van der Waals surface area (Å²) in [5, 5.41) is 5.00. The molecule has 1 aliphatic rings. The predicted molar refractivity (Wildman–Crippen MR) is 139 cm³/mol. The highest BCUT2D eigenvalue weighted by atomic mass is 16.1. The lowest BCUT2D eigenvalue weighted by Gasteiger charge is -2.32. The van der Waals surface area contributed by atoms with Crippen molar-refractivity contribution >= 4 is 10.9 Å². The quantitative estimate of drug-likeness (QED) is 0.398. The summed E-state index contributed by atoms with van der Waals surface area (Å²) in [5.74, 6) is 1.16. The first kappa shape index (κ1) is 22.3. The van der Waals surface area contributed by atoms with E-state index in [1.807, 2.05) is 30.9 Å². The van der Waals surface area contributed by atoms with Gasteiger partial charge in [-0.05, 0) is 72.7 Å². The first-order valence-electron chi connectivity index (χ1n) is 12.3. The van der Waals surface area contributed by atoms with Gasteiger partial charge in [0.2, 0.25) is 0 Å². The molecule has 0 bridgehead atoms. The molecular weight excluding hydrogens is 450 g/mol. The molecule has 36 heavy (non-hydrogen) atoms. The fourth-order valence-electron chi connectivity index (χ4n) is 5.04. The van der Waals surface area contributed by atoms with Gasteiger partial charge in [-0.2, -0.15) is 5.10 Å². The van der Waals surface area contributed by atoms with Crippen molar-refractivity contribution in [3.05, 3.63) is 101 Å². The Kier molecular flexibility index (Phi) is 6.09. The average molecular weight is 478 g/mol. The number of piperidine rings is 1. The number of likely N-dealkylation sites (tertiary alicyclic amines) is 1. The Labute approximate surface area is 208 Å². The van der Waals surface area contributed by atoms with Gasteiger partial charge in [-0.25, -0.2) is 14.6 Å². The molecule has 0 atom stereocenters. The molecule has 6 rings (SSSR count). The van der Waals surface area contributed by atoms with Gasteiger partial charge in [0.25, 0.3) is 5.56 Å². The molecule has 1 N–H and O–H groups in total. The zero-order valence-corrected chi connectivity index (χ0v) is 19.9. The van der Waals surface area contributed by atoms with Crippen LogP contribution in [0.2, 0.25) is 0 Å². The van der Waals surface area contributed by atoms with Crippen molar-refractivity contribution in [1.29, 1.82) is 0 Å². The maximum atomic E-state index is 12.1. The topological polar surface area (TPSA) is 92.6 Å². The van der Waals surface area contributed by atoms with E-state index in [2.05, 4.69) is 60.3 Å². The van der Waals surface area contributed by atoms with Crippen molar-refractivity contribution in [2.45, 2.75) is 25.2 Å². The summed E-state index contributed by atoms with van der Waals surface area (Å²) < 4.78 is 1.71. The predicted octanol–water partition coefficient (Wildman–Crippen LogP) is 3.99. The van der Waals surface area contributed by atoms with Crippen LogP contribution in [-0.4, -0.2) is 54.3 Å². The molecule has 0 spiro atoms. The molecular formula is C28H27N7O. The summed E-state index contributed by atoms with van der Waals surface area (Å²) in [4.78, 5) is 30.2. The smallest absolute Gasteiger partial charge is 0.258 e. The Morgan fingerprint density at radius 3 is 2.72 bits per heavy atom. The zero-order chi connectivity index (χ0) is 24.3. The highest BCUT2D eigenvalue weighted by molar-refractivity contribution is 5.83. The summed E-state index contributed by atoms with van der Waals surface area (Å²) in [6.45, 7) is 3.18. The maximum absolute atomic E-state index is 12.1. The SMILES string of the molecule is O=c1[nH]cnc2c(-n3cc(CCN4CCC(c5cccc(-c6cccnc6)c5)CC4)cn3)nccc12. The molecule has 180 valence electrons. The van der Waals surface area contributed by atoms with Gasteiger partial charge < -0.3 is 9.88 Å². The van der Waals surface area contributed by atoms with Gasteiger partial charge in [0.15, 0.2) is 5.82 Å². The Balaban J connectivity index is 1.07. The van der Waals surface area contributed by atoms with Crippen molar-refractivity contribution in [2.24, 2.45) is 0 Å². The normalized spacial score (nSPS) is 14.9. The number of nitrogens with one attached hydrogen (secondary N) is 1. The lowest BCUT2D eigenvalue weighted by atomic mass is 9.88. The Morgan fingerprint density at radius 1 is 0.972 bits per heavy atom.